The third kappa shape index (κ3) is 4.90. The van der Waals surface area contributed by atoms with Gasteiger partial charge in [-0.1, -0.05) is 29.3 Å². The molecule has 2 N–H and O–H groups in total. The predicted molar refractivity (Wildman–Crippen MR) is 110 cm³/mol. The van der Waals surface area contributed by atoms with Gasteiger partial charge in [0.05, 0.1) is 26.5 Å². The quantitative estimate of drug-likeness (QED) is 0.564. The first-order valence-electron chi connectivity index (χ1n) is 8.37. The molecule has 10 heteroatoms. The van der Waals surface area contributed by atoms with Crippen molar-refractivity contribution in [1.29, 1.82) is 0 Å². The Kier molecular flexibility index (Phi) is 6.46. The average Bonchev–Trinajstić information content (AvgIpc) is 3.04. The molecule has 152 valence electrons. The predicted octanol–water partition coefficient (Wildman–Crippen LogP) is 5.04. The Morgan fingerprint density at radius 1 is 1.14 bits per heavy atom. The van der Waals surface area contributed by atoms with Crippen LogP contribution in [-0.2, 0) is 6.54 Å². The second-order valence-corrected chi connectivity index (χ2v) is 6.68. The first kappa shape index (κ1) is 20.8. The molecule has 0 saturated heterocycles. The number of carbonyl (C=O) groups is 1. The van der Waals surface area contributed by atoms with Crippen molar-refractivity contribution in [3.05, 3.63) is 64.0 Å². The number of nitrogens with one attached hydrogen (secondary N) is 2. The summed E-state index contributed by atoms with van der Waals surface area (Å²) in [5, 5.41) is 9.83. The average molecular weight is 439 g/mol. The van der Waals surface area contributed by atoms with Crippen LogP contribution in [0, 0.1) is 5.82 Å². The molecule has 0 aliphatic heterocycles. The molecule has 3 aromatic rings. The second kappa shape index (κ2) is 9.02. The van der Waals surface area contributed by atoms with Gasteiger partial charge in [0, 0.05) is 22.8 Å². The minimum absolute atomic E-state index is 0.0564. The van der Waals surface area contributed by atoms with Crippen LogP contribution in [0.4, 0.5) is 20.7 Å². The Balaban J connectivity index is 1.72. The maximum atomic E-state index is 14.0. The lowest BCUT2D eigenvalue weighted by Crippen LogP contribution is -2.20. The fourth-order valence-electron chi connectivity index (χ4n) is 2.57. The number of methoxy groups -OCH3 is 2. The second-order valence-electron chi connectivity index (χ2n) is 5.87. The number of urea groups is 1. The zero-order valence-corrected chi connectivity index (χ0v) is 17.0. The smallest absolute Gasteiger partial charge is 0.325 e. The minimum atomic E-state index is -0.579. The molecule has 1 heterocycles. The van der Waals surface area contributed by atoms with E-state index in [1.807, 2.05) is 0 Å². The summed E-state index contributed by atoms with van der Waals surface area (Å²) in [6, 6.07) is 8.78. The molecular formula is C19H17Cl2FN4O3. The molecule has 7 nitrogen and oxygen atoms in total. The van der Waals surface area contributed by atoms with Crippen molar-refractivity contribution in [2.75, 3.05) is 24.9 Å². The summed E-state index contributed by atoms with van der Waals surface area (Å²) in [6.07, 6.45) is 1.47. The van der Waals surface area contributed by atoms with Crippen LogP contribution in [0.1, 0.15) is 5.56 Å². The molecule has 0 atom stereocenters. The molecule has 0 fully saturated rings. The number of benzene rings is 2. The molecule has 0 unspecified atom stereocenters. The Morgan fingerprint density at radius 2 is 1.93 bits per heavy atom. The van der Waals surface area contributed by atoms with Crippen LogP contribution in [-0.4, -0.2) is 30.0 Å². The number of amides is 2. The lowest BCUT2D eigenvalue weighted by Gasteiger charge is -2.11. The summed E-state index contributed by atoms with van der Waals surface area (Å²) in [5.41, 5.74) is 0.701. The van der Waals surface area contributed by atoms with Crippen LogP contribution >= 0.6 is 23.2 Å². The highest BCUT2D eigenvalue weighted by molar-refractivity contribution is 6.33. The number of carbonyl (C=O) groups excluding carboxylic acids is 1. The molecule has 0 spiro atoms. The highest BCUT2D eigenvalue weighted by atomic mass is 35.5. The monoisotopic (exact) mass is 438 g/mol. The van der Waals surface area contributed by atoms with Crippen molar-refractivity contribution in [3.63, 3.8) is 0 Å². The molecule has 0 radical (unpaired) electrons. The summed E-state index contributed by atoms with van der Waals surface area (Å²) in [7, 11) is 3.01. The molecule has 3 rings (SSSR count). The number of hydrogen-bond donors (Lipinski definition) is 2. The summed E-state index contributed by atoms with van der Waals surface area (Å²) in [6.45, 7) is 0.0564. The summed E-state index contributed by atoms with van der Waals surface area (Å²) in [4.78, 5) is 12.3. The number of ether oxygens (including phenoxy) is 2. The molecule has 0 aliphatic rings. The largest absolute Gasteiger partial charge is 0.497 e. The van der Waals surface area contributed by atoms with Crippen molar-refractivity contribution in [2.24, 2.45) is 0 Å². The first-order valence-corrected chi connectivity index (χ1v) is 9.12. The highest BCUT2D eigenvalue weighted by Crippen LogP contribution is 2.29. The van der Waals surface area contributed by atoms with Crippen LogP contribution in [0.2, 0.25) is 10.0 Å². The van der Waals surface area contributed by atoms with E-state index >= 15 is 0 Å². The van der Waals surface area contributed by atoms with E-state index in [9.17, 15) is 9.18 Å². The molecule has 2 aromatic carbocycles. The van der Waals surface area contributed by atoms with Gasteiger partial charge in [0.25, 0.3) is 0 Å². The van der Waals surface area contributed by atoms with Gasteiger partial charge < -0.3 is 14.8 Å². The van der Waals surface area contributed by atoms with Crippen molar-refractivity contribution in [1.82, 2.24) is 9.78 Å². The molecule has 1 aromatic heterocycles. The van der Waals surface area contributed by atoms with Gasteiger partial charge in [0.2, 0.25) is 0 Å². The van der Waals surface area contributed by atoms with Gasteiger partial charge >= 0.3 is 6.03 Å². The number of aromatic nitrogens is 2. The molecule has 29 heavy (non-hydrogen) atoms. The van der Waals surface area contributed by atoms with Gasteiger partial charge in [-0.05, 0) is 24.3 Å². The summed E-state index contributed by atoms with van der Waals surface area (Å²) < 4.78 is 25.7. The summed E-state index contributed by atoms with van der Waals surface area (Å²) in [5.74, 6) is 0.666. The maximum absolute atomic E-state index is 14.0. The van der Waals surface area contributed by atoms with Crippen LogP contribution in [0.25, 0.3) is 0 Å². The molecule has 0 saturated carbocycles. The molecule has 0 bridgehead atoms. The lowest BCUT2D eigenvalue weighted by molar-refractivity contribution is 0.262. The maximum Gasteiger partial charge on any atom is 0.325 e. The highest BCUT2D eigenvalue weighted by Gasteiger charge is 2.15. The van der Waals surface area contributed by atoms with Crippen molar-refractivity contribution >= 4 is 40.7 Å². The van der Waals surface area contributed by atoms with Crippen LogP contribution in [0.15, 0.2) is 42.6 Å². The zero-order valence-electron chi connectivity index (χ0n) is 15.5. The number of anilines is 2. The van der Waals surface area contributed by atoms with Crippen molar-refractivity contribution in [3.8, 4) is 11.5 Å². The van der Waals surface area contributed by atoms with E-state index in [-0.39, 0.29) is 28.0 Å². The zero-order chi connectivity index (χ0) is 21.0. The van der Waals surface area contributed by atoms with Gasteiger partial charge in [0.15, 0.2) is 5.82 Å². The summed E-state index contributed by atoms with van der Waals surface area (Å²) >= 11 is 12.2. The number of halogens is 3. The van der Waals surface area contributed by atoms with E-state index < -0.39 is 11.8 Å². The third-order valence-corrected chi connectivity index (χ3v) is 4.62. The lowest BCUT2D eigenvalue weighted by atomic mass is 10.2. The number of rotatable bonds is 6. The Morgan fingerprint density at radius 3 is 2.62 bits per heavy atom. The van der Waals surface area contributed by atoms with Gasteiger partial charge in [-0.15, -0.1) is 0 Å². The van der Waals surface area contributed by atoms with Crippen molar-refractivity contribution in [2.45, 2.75) is 6.54 Å². The number of hydrogen-bond acceptors (Lipinski definition) is 4. The molecule has 0 aliphatic carbocycles. The third-order valence-electron chi connectivity index (χ3n) is 3.99. The van der Waals surface area contributed by atoms with E-state index in [4.69, 9.17) is 32.7 Å². The van der Waals surface area contributed by atoms with E-state index in [1.54, 1.807) is 24.3 Å². The van der Waals surface area contributed by atoms with Crippen molar-refractivity contribution < 1.29 is 18.7 Å². The number of nitrogens with zero attached hydrogens (tertiary/aromatic N) is 2. The van der Waals surface area contributed by atoms with Gasteiger partial charge in [-0.25, -0.2) is 9.18 Å². The molecular weight excluding hydrogens is 422 g/mol. The topological polar surface area (TPSA) is 77.4 Å². The van der Waals surface area contributed by atoms with E-state index in [2.05, 4.69) is 15.7 Å². The fraction of sp³-hybridized carbons (Fsp3) is 0.158. The Labute approximate surface area is 176 Å². The Hall–Kier alpha value is -2.97. The first-order chi connectivity index (χ1) is 13.9. The molecule has 2 amide bonds. The Bertz CT molecular complexity index is 1020. The minimum Gasteiger partial charge on any atom is -0.497 e. The SMILES string of the molecule is COc1ccc(NC(=O)Nc2nn(Cc3c(F)cccc3Cl)cc2Cl)c(OC)c1. The van der Waals surface area contributed by atoms with E-state index in [1.165, 1.54) is 37.2 Å². The standard InChI is InChI=1S/C19H17Cl2FN4O3/c1-28-11-6-7-16(17(8-11)29-2)23-19(27)24-18-14(21)10-26(25-18)9-12-13(20)4-3-5-15(12)22/h3-8,10H,9H2,1-2H3,(H2,23,24,25,27). The van der Waals surface area contributed by atoms with Gasteiger partial charge in [0.1, 0.15) is 22.3 Å². The van der Waals surface area contributed by atoms with Crippen LogP contribution in [0.3, 0.4) is 0 Å². The van der Waals surface area contributed by atoms with E-state index in [0.717, 1.165) is 0 Å². The van der Waals surface area contributed by atoms with Crippen LogP contribution in [0.5, 0.6) is 11.5 Å². The fourth-order valence-corrected chi connectivity index (χ4v) is 2.99. The van der Waals surface area contributed by atoms with Gasteiger partial charge in [-0.2, -0.15) is 5.10 Å². The van der Waals surface area contributed by atoms with Crippen LogP contribution < -0.4 is 20.1 Å². The van der Waals surface area contributed by atoms with E-state index in [0.29, 0.717) is 17.2 Å². The van der Waals surface area contributed by atoms with Gasteiger partial charge in [-0.3, -0.25) is 10.00 Å². The normalized spacial score (nSPS) is 10.5.